The molecule has 0 spiro atoms. The molecule has 1 aliphatic carbocycles. The lowest BCUT2D eigenvalue weighted by Crippen LogP contribution is -2.41. The van der Waals surface area contributed by atoms with E-state index in [2.05, 4.69) is 5.10 Å². The molecule has 0 saturated heterocycles. The van der Waals surface area contributed by atoms with Crippen molar-refractivity contribution in [3.05, 3.63) is 17.5 Å². The molecule has 0 atom stereocenters. The number of fused-ring (bicyclic) bond motifs is 1. The Morgan fingerprint density at radius 2 is 2.24 bits per heavy atom. The number of amides is 1. The molecule has 1 fully saturated rings. The molecule has 17 heavy (non-hydrogen) atoms. The van der Waals surface area contributed by atoms with Gasteiger partial charge in [0.15, 0.2) is 5.78 Å². The molecule has 1 saturated carbocycles. The summed E-state index contributed by atoms with van der Waals surface area (Å²) in [6.45, 7) is 3.74. The van der Waals surface area contributed by atoms with Crippen LogP contribution in [0.25, 0.3) is 0 Å². The van der Waals surface area contributed by atoms with Crippen LogP contribution in [0.5, 0.6) is 0 Å². The van der Waals surface area contributed by atoms with Gasteiger partial charge in [0, 0.05) is 26.1 Å². The van der Waals surface area contributed by atoms with Crippen molar-refractivity contribution in [1.29, 1.82) is 0 Å². The van der Waals surface area contributed by atoms with Crippen molar-refractivity contribution in [3.8, 4) is 0 Å². The van der Waals surface area contributed by atoms with Crippen LogP contribution in [0.3, 0.4) is 0 Å². The summed E-state index contributed by atoms with van der Waals surface area (Å²) in [5, 5.41) is 4.15. The minimum Gasteiger partial charge on any atom is -0.335 e. The van der Waals surface area contributed by atoms with Crippen LogP contribution < -0.4 is 0 Å². The standard InChI is InChI=1S/C12H15N3O2/c1-8(16)10-6-11-12(17)14(7-9-2-3-9)4-5-15(11)13-10/h6,9H,2-5,7H2,1H3. The highest BCUT2D eigenvalue weighted by atomic mass is 16.2. The summed E-state index contributed by atoms with van der Waals surface area (Å²) in [4.78, 5) is 25.3. The molecule has 5 nitrogen and oxygen atoms in total. The minimum atomic E-state index is -0.0894. The summed E-state index contributed by atoms with van der Waals surface area (Å²) in [5.74, 6) is 0.622. The lowest BCUT2D eigenvalue weighted by molar-refractivity contribution is 0.0688. The molecule has 0 radical (unpaired) electrons. The molecule has 0 N–H and O–H groups in total. The Morgan fingerprint density at radius 1 is 1.47 bits per heavy atom. The Kier molecular flexibility index (Phi) is 2.28. The highest BCUT2D eigenvalue weighted by Gasteiger charge is 2.31. The van der Waals surface area contributed by atoms with E-state index in [1.165, 1.54) is 19.8 Å². The van der Waals surface area contributed by atoms with Crippen LogP contribution in [0.15, 0.2) is 6.07 Å². The van der Waals surface area contributed by atoms with Crippen molar-refractivity contribution in [2.45, 2.75) is 26.3 Å². The first kappa shape index (κ1) is 10.5. The molecule has 1 aromatic heterocycles. The normalized spacial score (nSPS) is 19.4. The molecular formula is C12H15N3O2. The van der Waals surface area contributed by atoms with Gasteiger partial charge in [0.05, 0.1) is 6.54 Å². The first-order chi connectivity index (χ1) is 8.15. The van der Waals surface area contributed by atoms with E-state index in [0.29, 0.717) is 30.4 Å². The fourth-order valence-electron chi connectivity index (χ4n) is 2.20. The van der Waals surface area contributed by atoms with Crippen LogP contribution in [-0.2, 0) is 6.54 Å². The summed E-state index contributed by atoms with van der Waals surface area (Å²) in [5.41, 5.74) is 0.948. The average Bonchev–Trinajstić information content (AvgIpc) is 2.98. The van der Waals surface area contributed by atoms with Gasteiger partial charge in [-0.2, -0.15) is 5.10 Å². The second-order valence-corrected chi connectivity index (χ2v) is 4.89. The number of aromatic nitrogens is 2. The van der Waals surface area contributed by atoms with Crippen LogP contribution in [0.1, 0.15) is 40.7 Å². The van der Waals surface area contributed by atoms with Crippen molar-refractivity contribution in [2.24, 2.45) is 5.92 Å². The number of Topliss-reactive ketones (excluding diaryl/α,β-unsaturated/α-hetero) is 1. The van der Waals surface area contributed by atoms with Crippen molar-refractivity contribution in [1.82, 2.24) is 14.7 Å². The minimum absolute atomic E-state index is 0.0168. The van der Waals surface area contributed by atoms with Crippen LogP contribution >= 0.6 is 0 Å². The second kappa shape index (κ2) is 3.68. The Labute approximate surface area is 99.4 Å². The summed E-state index contributed by atoms with van der Waals surface area (Å²) in [7, 11) is 0. The third kappa shape index (κ3) is 1.85. The number of rotatable bonds is 3. The van der Waals surface area contributed by atoms with Crippen LogP contribution in [0, 0.1) is 5.92 Å². The highest BCUT2D eigenvalue weighted by Crippen LogP contribution is 2.30. The van der Waals surface area contributed by atoms with E-state index in [1.807, 2.05) is 4.90 Å². The molecule has 0 unspecified atom stereocenters. The number of carbonyl (C=O) groups is 2. The van der Waals surface area contributed by atoms with Gasteiger partial charge < -0.3 is 4.90 Å². The maximum absolute atomic E-state index is 12.2. The Bertz CT molecular complexity index is 488. The fraction of sp³-hybridized carbons (Fsp3) is 0.583. The van der Waals surface area contributed by atoms with Crippen LogP contribution in [0.4, 0.5) is 0 Å². The first-order valence-corrected chi connectivity index (χ1v) is 6.03. The predicted molar refractivity (Wildman–Crippen MR) is 60.9 cm³/mol. The van der Waals surface area contributed by atoms with Crippen molar-refractivity contribution < 1.29 is 9.59 Å². The average molecular weight is 233 g/mol. The third-order valence-electron chi connectivity index (χ3n) is 3.40. The topological polar surface area (TPSA) is 55.2 Å². The van der Waals surface area contributed by atoms with E-state index in [0.717, 1.165) is 6.54 Å². The Hall–Kier alpha value is -1.65. The van der Waals surface area contributed by atoms with Gasteiger partial charge >= 0.3 is 0 Å². The molecule has 2 heterocycles. The van der Waals surface area contributed by atoms with Crippen LogP contribution in [-0.4, -0.2) is 39.5 Å². The SMILES string of the molecule is CC(=O)c1cc2n(n1)CCN(CC1CC1)C2=O. The first-order valence-electron chi connectivity index (χ1n) is 6.03. The number of nitrogens with zero attached hydrogens (tertiary/aromatic N) is 3. The van der Waals surface area contributed by atoms with E-state index in [4.69, 9.17) is 0 Å². The maximum atomic E-state index is 12.2. The van der Waals surface area contributed by atoms with Gasteiger partial charge in [-0.1, -0.05) is 0 Å². The van der Waals surface area contributed by atoms with Crippen molar-refractivity contribution in [3.63, 3.8) is 0 Å². The summed E-state index contributed by atoms with van der Waals surface area (Å²) >= 11 is 0. The lowest BCUT2D eigenvalue weighted by atomic mass is 10.2. The zero-order valence-corrected chi connectivity index (χ0v) is 9.85. The van der Waals surface area contributed by atoms with E-state index < -0.39 is 0 Å². The largest absolute Gasteiger partial charge is 0.335 e. The third-order valence-corrected chi connectivity index (χ3v) is 3.40. The van der Waals surface area contributed by atoms with E-state index in [1.54, 1.807) is 10.7 Å². The Morgan fingerprint density at radius 3 is 2.88 bits per heavy atom. The molecule has 0 aromatic carbocycles. The summed E-state index contributed by atoms with van der Waals surface area (Å²) in [6.07, 6.45) is 2.48. The zero-order chi connectivity index (χ0) is 12.0. The van der Waals surface area contributed by atoms with E-state index in [9.17, 15) is 9.59 Å². The molecular weight excluding hydrogens is 218 g/mol. The molecule has 2 aliphatic rings. The zero-order valence-electron chi connectivity index (χ0n) is 9.85. The number of ketones is 1. The summed E-state index contributed by atoms with van der Waals surface area (Å²) < 4.78 is 1.66. The molecule has 90 valence electrons. The second-order valence-electron chi connectivity index (χ2n) is 4.89. The number of hydrogen-bond donors (Lipinski definition) is 0. The fourth-order valence-corrected chi connectivity index (χ4v) is 2.20. The van der Waals surface area contributed by atoms with Gasteiger partial charge in [0.25, 0.3) is 5.91 Å². The molecule has 3 rings (SSSR count). The lowest BCUT2D eigenvalue weighted by Gasteiger charge is -2.27. The van der Waals surface area contributed by atoms with Gasteiger partial charge in [-0.15, -0.1) is 0 Å². The van der Waals surface area contributed by atoms with Crippen LogP contribution in [0.2, 0.25) is 0 Å². The monoisotopic (exact) mass is 233 g/mol. The quantitative estimate of drug-likeness (QED) is 0.730. The van der Waals surface area contributed by atoms with E-state index >= 15 is 0 Å². The number of carbonyl (C=O) groups excluding carboxylic acids is 2. The van der Waals surface area contributed by atoms with Crippen molar-refractivity contribution in [2.75, 3.05) is 13.1 Å². The van der Waals surface area contributed by atoms with Gasteiger partial charge in [0.2, 0.25) is 0 Å². The van der Waals surface area contributed by atoms with Gasteiger partial charge in [-0.05, 0) is 18.8 Å². The van der Waals surface area contributed by atoms with Gasteiger partial charge in [0.1, 0.15) is 11.4 Å². The molecule has 0 bridgehead atoms. The summed E-state index contributed by atoms with van der Waals surface area (Å²) in [6, 6.07) is 1.61. The smallest absolute Gasteiger partial charge is 0.272 e. The maximum Gasteiger partial charge on any atom is 0.272 e. The molecule has 1 aromatic rings. The molecule has 5 heteroatoms. The number of hydrogen-bond acceptors (Lipinski definition) is 3. The van der Waals surface area contributed by atoms with Gasteiger partial charge in [-0.25, -0.2) is 0 Å². The van der Waals surface area contributed by atoms with Crippen molar-refractivity contribution >= 4 is 11.7 Å². The molecule has 1 amide bonds. The van der Waals surface area contributed by atoms with Gasteiger partial charge in [-0.3, -0.25) is 14.3 Å². The van der Waals surface area contributed by atoms with E-state index in [-0.39, 0.29) is 11.7 Å². The highest BCUT2D eigenvalue weighted by molar-refractivity contribution is 5.98. The molecule has 1 aliphatic heterocycles. The predicted octanol–water partition coefficient (Wildman–Crippen LogP) is 0.952. The Balaban J connectivity index is 1.85.